The van der Waals surface area contributed by atoms with Crippen LogP contribution in [0.1, 0.15) is 33.5 Å². The lowest BCUT2D eigenvalue weighted by molar-refractivity contribution is 0.0563. The van der Waals surface area contributed by atoms with E-state index >= 15 is 0 Å². The molecule has 1 unspecified atom stereocenters. The number of nitrogens with one attached hydrogen (secondary N) is 3. The van der Waals surface area contributed by atoms with E-state index < -0.39 is 18.0 Å². The van der Waals surface area contributed by atoms with Crippen molar-refractivity contribution in [3.8, 4) is 0 Å². The quantitative estimate of drug-likeness (QED) is 0.596. The summed E-state index contributed by atoms with van der Waals surface area (Å²) in [6, 6.07) is 8.91. The maximum absolute atomic E-state index is 13.1. The number of nitrogens with zero attached hydrogens (tertiary/aromatic N) is 2. The minimum absolute atomic E-state index is 0.0126. The number of ether oxygens (including phenoxy) is 2. The number of fused-ring (bicyclic) bond motifs is 3. The van der Waals surface area contributed by atoms with Crippen molar-refractivity contribution in [2.45, 2.75) is 12.6 Å². The number of aromatic nitrogens is 1. The van der Waals surface area contributed by atoms with Gasteiger partial charge in [-0.05, 0) is 24.3 Å². The van der Waals surface area contributed by atoms with Crippen LogP contribution in [0.5, 0.6) is 0 Å². The zero-order chi connectivity index (χ0) is 22.9. The number of amides is 1. The van der Waals surface area contributed by atoms with Gasteiger partial charge in [0.25, 0.3) is 11.8 Å². The summed E-state index contributed by atoms with van der Waals surface area (Å²) < 4.78 is 12.6. The molecule has 5 rings (SSSR count). The Labute approximate surface area is 194 Å². The van der Waals surface area contributed by atoms with Crippen LogP contribution < -0.4 is 16.0 Å². The van der Waals surface area contributed by atoms with Gasteiger partial charge in [0.2, 0.25) is 0 Å². The highest BCUT2D eigenvalue weighted by Crippen LogP contribution is 2.32. The van der Waals surface area contributed by atoms with Crippen LogP contribution in [-0.4, -0.2) is 36.4 Å². The van der Waals surface area contributed by atoms with Gasteiger partial charge in [0, 0.05) is 42.2 Å². The highest BCUT2D eigenvalue weighted by Gasteiger charge is 2.27. The van der Waals surface area contributed by atoms with E-state index in [2.05, 4.69) is 20.9 Å². The fourth-order valence-corrected chi connectivity index (χ4v) is 4.11. The zero-order valence-corrected chi connectivity index (χ0v) is 18.3. The largest absolute Gasteiger partial charge is 0.488 e. The highest BCUT2D eigenvalue weighted by atomic mass is 35.5. The normalized spacial score (nSPS) is 20.0. The summed E-state index contributed by atoms with van der Waals surface area (Å²) in [5.74, 6) is 0.235. The SMILES string of the molecule is COC1NC(=O)c2c(Cl)ccn2C(=O)COC2=CC=C3NC=NC(=C3C2)Nc2ccccc21. The average molecular weight is 466 g/mol. The first-order chi connectivity index (χ1) is 16.0. The summed E-state index contributed by atoms with van der Waals surface area (Å²) in [4.78, 5) is 30.5. The van der Waals surface area contributed by atoms with E-state index in [0.717, 1.165) is 11.3 Å². The van der Waals surface area contributed by atoms with Gasteiger partial charge in [-0.3, -0.25) is 14.2 Å². The second-order valence-electron chi connectivity index (χ2n) is 7.49. The standard InChI is InChI=1S/C23H20ClN5O4/c1-32-23-14-4-2-3-5-18(14)27-21-15-10-13(6-7-17(15)25-12-26-21)33-11-19(30)29-9-8-16(24)20(29)22(31)28-23/h2-9,12,23,27H,10-11H2,1H3,(H,25,26)(H,28,31). The number of aliphatic imine (C=N–C) groups is 1. The summed E-state index contributed by atoms with van der Waals surface area (Å²) in [7, 11) is 1.49. The molecule has 0 saturated carbocycles. The molecule has 0 saturated heterocycles. The third-order valence-electron chi connectivity index (χ3n) is 5.51. The van der Waals surface area contributed by atoms with Gasteiger partial charge in [-0.15, -0.1) is 0 Å². The Hall–Kier alpha value is -3.82. The van der Waals surface area contributed by atoms with E-state index in [-0.39, 0.29) is 17.3 Å². The molecule has 33 heavy (non-hydrogen) atoms. The summed E-state index contributed by atoms with van der Waals surface area (Å²) >= 11 is 6.26. The van der Waals surface area contributed by atoms with Crippen LogP contribution in [0.4, 0.5) is 5.69 Å². The first kappa shape index (κ1) is 21.0. The molecule has 0 radical (unpaired) electrons. The molecular formula is C23H20ClN5O4. The molecule has 3 heterocycles. The topological polar surface area (TPSA) is 106 Å². The number of carbonyl (C=O) groups excluding carboxylic acids is 2. The molecule has 10 heteroatoms. The number of para-hydroxylation sites is 1. The predicted molar refractivity (Wildman–Crippen MR) is 123 cm³/mol. The highest BCUT2D eigenvalue weighted by molar-refractivity contribution is 6.34. The number of halogens is 1. The molecule has 1 amide bonds. The maximum atomic E-state index is 13.1. The Morgan fingerprint density at radius 1 is 1.21 bits per heavy atom. The molecule has 1 aliphatic carbocycles. The van der Waals surface area contributed by atoms with Crippen molar-refractivity contribution in [1.29, 1.82) is 0 Å². The van der Waals surface area contributed by atoms with Crippen molar-refractivity contribution in [1.82, 2.24) is 15.2 Å². The smallest absolute Gasteiger partial charge is 0.272 e. The van der Waals surface area contributed by atoms with Crippen molar-refractivity contribution < 1.29 is 19.1 Å². The molecule has 2 bridgehead atoms. The molecular weight excluding hydrogens is 446 g/mol. The number of hydrogen-bond donors (Lipinski definition) is 3. The first-order valence-corrected chi connectivity index (χ1v) is 10.6. The van der Waals surface area contributed by atoms with Gasteiger partial charge in [0.15, 0.2) is 12.8 Å². The number of allylic oxidation sites excluding steroid dienone is 4. The molecule has 1 aromatic heterocycles. The molecule has 2 aliphatic heterocycles. The number of carbonyl (C=O) groups is 2. The molecule has 1 atom stereocenters. The molecule has 3 aliphatic rings. The molecule has 2 aromatic rings. The van der Waals surface area contributed by atoms with E-state index in [4.69, 9.17) is 21.1 Å². The van der Waals surface area contributed by atoms with Crippen LogP contribution in [0.2, 0.25) is 5.02 Å². The van der Waals surface area contributed by atoms with Gasteiger partial charge >= 0.3 is 0 Å². The Balaban J connectivity index is 1.63. The van der Waals surface area contributed by atoms with Crippen LogP contribution in [-0.2, 0) is 9.47 Å². The van der Waals surface area contributed by atoms with Crippen LogP contribution in [0.3, 0.4) is 0 Å². The predicted octanol–water partition coefficient (Wildman–Crippen LogP) is 3.31. The number of hydrogen-bond acceptors (Lipinski definition) is 7. The van der Waals surface area contributed by atoms with Crippen LogP contribution in [0, 0.1) is 0 Å². The lowest BCUT2D eigenvalue weighted by Gasteiger charge is -2.25. The number of rotatable bonds is 1. The van der Waals surface area contributed by atoms with Gasteiger partial charge < -0.3 is 25.4 Å². The fraction of sp³-hybridized carbons (Fsp3) is 0.174. The van der Waals surface area contributed by atoms with Crippen LogP contribution in [0.15, 0.2) is 76.5 Å². The van der Waals surface area contributed by atoms with Crippen molar-refractivity contribution in [2.75, 3.05) is 19.0 Å². The minimum Gasteiger partial charge on any atom is -0.488 e. The molecule has 9 nitrogen and oxygen atoms in total. The maximum Gasteiger partial charge on any atom is 0.272 e. The number of methoxy groups -OCH3 is 1. The second-order valence-corrected chi connectivity index (χ2v) is 7.89. The molecule has 3 N–H and O–H groups in total. The van der Waals surface area contributed by atoms with E-state index in [1.807, 2.05) is 30.3 Å². The van der Waals surface area contributed by atoms with Gasteiger partial charge in [-0.25, -0.2) is 4.99 Å². The van der Waals surface area contributed by atoms with Crippen LogP contribution >= 0.6 is 11.6 Å². The van der Waals surface area contributed by atoms with E-state index in [0.29, 0.717) is 29.3 Å². The van der Waals surface area contributed by atoms with Gasteiger partial charge in [-0.1, -0.05) is 29.8 Å². The Morgan fingerprint density at radius 3 is 2.91 bits per heavy atom. The fourth-order valence-electron chi connectivity index (χ4n) is 3.88. The Bertz CT molecular complexity index is 1270. The molecule has 1 aromatic carbocycles. The monoisotopic (exact) mass is 465 g/mol. The van der Waals surface area contributed by atoms with E-state index in [1.54, 1.807) is 12.4 Å². The minimum atomic E-state index is -0.815. The average Bonchev–Trinajstić information content (AvgIpc) is 3.22. The molecule has 0 spiro atoms. The summed E-state index contributed by atoms with van der Waals surface area (Å²) in [5.41, 5.74) is 3.16. The van der Waals surface area contributed by atoms with E-state index in [9.17, 15) is 9.59 Å². The second kappa shape index (κ2) is 8.61. The first-order valence-electron chi connectivity index (χ1n) is 10.2. The lowest BCUT2D eigenvalue weighted by Crippen LogP contribution is -2.33. The summed E-state index contributed by atoms with van der Waals surface area (Å²) in [5, 5.41) is 9.44. The third kappa shape index (κ3) is 3.92. The zero-order valence-electron chi connectivity index (χ0n) is 17.6. The van der Waals surface area contributed by atoms with Gasteiger partial charge in [0.05, 0.1) is 11.4 Å². The van der Waals surface area contributed by atoms with Crippen molar-refractivity contribution in [2.24, 2.45) is 4.99 Å². The number of benzene rings is 1. The van der Waals surface area contributed by atoms with Crippen molar-refractivity contribution in [3.05, 3.63) is 87.8 Å². The Morgan fingerprint density at radius 2 is 2.06 bits per heavy atom. The van der Waals surface area contributed by atoms with Crippen molar-refractivity contribution >= 4 is 35.4 Å². The molecule has 168 valence electrons. The van der Waals surface area contributed by atoms with Crippen molar-refractivity contribution in [3.63, 3.8) is 0 Å². The third-order valence-corrected chi connectivity index (χ3v) is 5.81. The van der Waals surface area contributed by atoms with E-state index in [1.165, 1.54) is 23.9 Å². The van der Waals surface area contributed by atoms with Crippen LogP contribution in [0.25, 0.3) is 0 Å². The lowest BCUT2D eigenvalue weighted by atomic mass is 10.0. The summed E-state index contributed by atoms with van der Waals surface area (Å²) in [6.07, 6.45) is 6.34. The van der Waals surface area contributed by atoms with Gasteiger partial charge in [0.1, 0.15) is 17.3 Å². The molecule has 0 fully saturated rings. The summed E-state index contributed by atoms with van der Waals surface area (Å²) in [6.45, 7) is -0.263. The Kier molecular flexibility index (Phi) is 5.49. The number of anilines is 1. The van der Waals surface area contributed by atoms with Gasteiger partial charge in [-0.2, -0.15) is 0 Å².